The second-order valence-electron chi connectivity index (χ2n) is 2.89. The average molecular weight is 272 g/mol. The molecule has 1 aromatic rings. The first-order valence-corrected chi connectivity index (χ1v) is 5.50. The summed E-state index contributed by atoms with van der Waals surface area (Å²) in [6.45, 7) is 0. The zero-order valence-electron chi connectivity index (χ0n) is 6.82. The van der Waals surface area contributed by atoms with Crippen molar-refractivity contribution in [3.05, 3.63) is 27.7 Å². The van der Waals surface area contributed by atoms with E-state index in [4.69, 9.17) is 46.4 Å². The Morgan fingerprint density at radius 3 is 2.43 bits per heavy atom. The van der Waals surface area contributed by atoms with Gasteiger partial charge in [0.05, 0.1) is 10.0 Å². The summed E-state index contributed by atoms with van der Waals surface area (Å²) in [5.74, 6) is 0. The molecule has 0 bridgehead atoms. The molecule has 0 aromatic heterocycles. The quantitative estimate of drug-likeness (QED) is 0.555. The fourth-order valence-corrected chi connectivity index (χ4v) is 2.24. The number of benzene rings is 1. The highest BCUT2D eigenvalue weighted by molar-refractivity contribution is 6.42. The van der Waals surface area contributed by atoms with Crippen molar-refractivity contribution in [1.82, 2.24) is 5.32 Å². The number of anilines is 1. The number of halogens is 4. The third-order valence-electron chi connectivity index (χ3n) is 1.94. The van der Waals surface area contributed by atoms with Crippen LogP contribution in [0.5, 0.6) is 0 Å². The van der Waals surface area contributed by atoms with E-state index in [1.54, 1.807) is 12.1 Å². The van der Waals surface area contributed by atoms with Crippen LogP contribution in [0, 0.1) is 0 Å². The van der Waals surface area contributed by atoms with Gasteiger partial charge in [-0.3, -0.25) is 5.32 Å². The topological polar surface area (TPSA) is 24.1 Å². The molecule has 0 saturated carbocycles. The van der Waals surface area contributed by atoms with Crippen molar-refractivity contribution in [2.45, 2.75) is 11.1 Å². The van der Waals surface area contributed by atoms with Gasteiger partial charge in [-0.1, -0.05) is 34.8 Å². The van der Waals surface area contributed by atoms with Crippen LogP contribution in [0.4, 0.5) is 5.69 Å². The third kappa shape index (κ3) is 1.90. The lowest BCUT2D eigenvalue weighted by Gasteiger charge is -2.28. The molecule has 0 spiro atoms. The van der Waals surface area contributed by atoms with Gasteiger partial charge in [0, 0.05) is 11.3 Å². The highest BCUT2D eigenvalue weighted by atomic mass is 35.5. The predicted octanol–water partition coefficient (Wildman–Crippen LogP) is 3.77. The SMILES string of the molecule is Clc1cc2c(cc1Cl)[C@@H](Cl)N[C@H](Cl)N2. The predicted molar refractivity (Wildman–Crippen MR) is 61.5 cm³/mol. The molecule has 6 heteroatoms. The molecule has 2 nitrogen and oxygen atoms in total. The summed E-state index contributed by atoms with van der Waals surface area (Å²) in [5, 5.41) is 6.84. The van der Waals surface area contributed by atoms with Gasteiger partial charge in [-0.15, -0.1) is 11.6 Å². The minimum absolute atomic E-state index is 0.358. The van der Waals surface area contributed by atoms with Crippen LogP contribution in [-0.2, 0) is 0 Å². The van der Waals surface area contributed by atoms with Gasteiger partial charge in [0.15, 0.2) is 5.62 Å². The van der Waals surface area contributed by atoms with Crippen LogP contribution in [0.3, 0.4) is 0 Å². The van der Waals surface area contributed by atoms with Crippen LogP contribution >= 0.6 is 46.4 Å². The summed E-state index contributed by atoms with van der Waals surface area (Å²) in [6, 6.07) is 3.44. The summed E-state index contributed by atoms with van der Waals surface area (Å²) >= 11 is 23.6. The van der Waals surface area contributed by atoms with E-state index in [0.717, 1.165) is 11.3 Å². The molecule has 1 aliphatic rings. The van der Waals surface area contributed by atoms with Gasteiger partial charge in [-0.2, -0.15) is 0 Å². The first-order valence-electron chi connectivity index (χ1n) is 3.87. The molecule has 0 fully saturated rings. The van der Waals surface area contributed by atoms with Gasteiger partial charge in [0.2, 0.25) is 0 Å². The zero-order chi connectivity index (χ0) is 10.3. The Bertz CT molecular complexity index is 369. The van der Waals surface area contributed by atoms with Gasteiger partial charge in [-0.05, 0) is 12.1 Å². The first kappa shape index (κ1) is 10.7. The Morgan fingerprint density at radius 2 is 1.71 bits per heavy atom. The molecule has 0 unspecified atom stereocenters. The second kappa shape index (κ2) is 3.95. The number of hydrogen-bond donors (Lipinski definition) is 2. The number of nitrogens with one attached hydrogen (secondary N) is 2. The number of alkyl halides is 2. The van der Waals surface area contributed by atoms with E-state index < -0.39 is 5.62 Å². The maximum atomic E-state index is 6.03. The summed E-state index contributed by atoms with van der Waals surface area (Å²) in [7, 11) is 0. The van der Waals surface area contributed by atoms with E-state index in [1.807, 2.05) is 0 Å². The van der Waals surface area contributed by atoms with Crippen molar-refractivity contribution < 1.29 is 0 Å². The van der Waals surface area contributed by atoms with E-state index in [9.17, 15) is 0 Å². The standard InChI is InChI=1S/C8H6Cl4N2/c9-4-1-3-6(2-5(4)10)13-8(12)14-7(3)11/h1-2,7-8,13-14H/t7-,8+/m0/s1. The van der Waals surface area contributed by atoms with Crippen LogP contribution in [0.1, 0.15) is 11.1 Å². The highest BCUT2D eigenvalue weighted by Crippen LogP contribution is 2.37. The number of rotatable bonds is 0. The molecule has 2 rings (SSSR count). The Hall–Kier alpha value is 0.140. The lowest BCUT2D eigenvalue weighted by molar-refractivity contribution is 0.642. The van der Waals surface area contributed by atoms with Gasteiger partial charge >= 0.3 is 0 Å². The molecule has 0 saturated heterocycles. The molecule has 2 atom stereocenters. The molecule has 1 aliphatic heterocycles. The summed E-state index contributed by atoms with van der Waals surface area (Å²) < 4.78 is 0. The van der Waals surface area contributed by atoms with E-state index in [2.05, 4.69) is 10.6 Å². The van der Waals surface area contributed by atoms with Gasteiger partial charge in [-0.25, -0.2) is 0 Å². The van der Waals surface area contributed by atoms with Crippen molar-refractivity contribution >= 4 is 52.1 Å². The minimum atomic E-state index is -0.401. The maximum absolute atomic E-state index is 6.03. The largest absolute Gasteiger partial charge is 0.357 e. The van der Waals surface area contributed by atoms with Crippen molar-refractivity contribution in [2.75, 3.05) is 5.32 Å². The first-order chi connectivity index (χ1) is 6.58. The molecule has 1 aromatic carbocycles. The summed E-state index contributed by atoms with van der Waals surface area (Å²) in [5.41, 5.74) is 0.891. The fraction of sp³-hybridized carbons (Fsp3) is 0.250. The zero-order valence-corrected chi connectivity index (χ0v) is 9.84. The molecule has 14 heavy (non-hydrogen) atoms. The molecule has 76 valence electrons. The Balaban J connectivity index is 2.49. The van der Waals surface area contributed by atoms with Crippen molar-refractivity contribution in [3.8, 4) is 0 Å². The summed E-state index contributed by atoms with van der Waals surface area (Å²) in [4.78, 5) is 0. The maximum Gasteiger partial charge on any atom is 0.156 e. The molecular formula is C8H6Cl4N2. The van der Waals surface area contributed by atoms with E-state index >= 15 is 0 Å². The molecule has 1 heterocycles. The van der Waals surface area contributed by atoms with Gasteiger partial charge < -0.3 is 5.32 Å². The van der Waals surface area contributed by atoms with Crippen LogP contribution in [0.25, 0.3) is 0 Å². The lowest BCUT2D eigenvalue weighted by Crippen LogP contribution is -2.37. The lowest BCUT2D eigenvalue weighted by atomic mass is 10.1. The average Bonchev–Trinajstić information content (AvgIpc) is 2.08. The van der Waals surface area contributed by atoms with Gasteiger partial charge in [0.25, 0.3) is 0 Å². The smallest absolute Gasteiger partial charge is 0.156 e. The molecular weight excluding hydrogens is 266 g/mol. The molecule has 0 radical (unpaired) electrons. The van der Waals surface area contributed by atoms with E-state index in [-0.39, 0.29) is 5.50 Å². The van der Waals surface area contributed by atoms with Crippen LogP contribution in [0.2, 0.25) is 10.0 Å². The summed E-state index contributed by atoms with van der Waals surface area (Å²) in [6.07, 6.45) is 0. The molecule has 0 amide bonds. The fourth-order valence-electron chi connectivity index (χ4n) is 1.29. The van der Waals surface area contributed by atoms with E-state index in [0.29, 0.717) is 10.0 Å². The van der Waals surface area contributed by atoms with Gasteiger partial charge in [0.1, 0.15) is 5.50 Å². The molecule has 0 aliphatic carbocycles. The Kier molecular flexibility index (Phi) is 3.01. The minimum Gasteiger partial charge on any atom is -0.357 e. The van der Waals surface area contributed by atoms with Crippen LogP contribution < -0.4 is 10.6 Å². The molecule has 2 N–H and O–H groups in total. The third-order valence-corrected chi connectivity index (χ3v) is 3.26. The van der Waals surface area contributed by atoms with Crippen molar-refractivity contribution in [1.29, 1.82) is 0 Å². The van der Waals surface area contributed by atoms with Crippen LogP contribution in [-0.4, -0.2) is 5.62 Å². The highest BCUT2D eigenvalue weighted by Gasteiger charge is 2.23. The Morgan fingerprint density at radius 1 is 1.07 bits per heavy atom. The number of fused-ring (bicyclic) bond motifs is 1. The van der Waals surface area contributed by atoms with E-state index in [1.165, 1.54) is 0 Å². The van der Waals surface area contributed by atoms with Crippen molar-refractivity contribution in [3.63, 3.8) is 0 Å². The van der Waals surface area contributed by atoms with Crippen LogP contribution in [0.15, 0.2) is 12.1 Å². The normalized spacial score (nSPS) is 25.4. The number of hydrogen-bond acceptors (Lipinski definition) is 2. The Labute approximate surface area is 101 Å². The second-order valence-corrected chi connectivity index (χ2v) is 4.58. The van der Waals surface area contributed by atoms with Crippen molar-refractivity contribution in [2.24, 2.45) is 0 Å². The monoisotopic (exact) mass is 270 g/mol.